The Balaban J connectivity index is 1.87. The predicted molar refractivity (Wildman–Crippen MR) is 99.9 cm³/mol. The standard InChI is InChI=1S/C19H20N2O2S/c1-12-5-6-13(2)15(9-12)20-19-21-16(11-24-19)14-7-8-17(22-3)18(10-14)23-4/h5-11H,1-4H3,(H,20,21). The normalized spacial score (nSPS) is 10.5. The number of aryl methyl sites for hydroxylation is 2. The van der Waals surface area contributed by atoms with Crippen LogP contribution in [0, 0.1) is 13.8 Å². The zero-order valence-electron chi connectivity index (χ0n) is 14.2. The van der Waals surface area contributed by atoms with E-state index in [0.29, 0.717) is 11.5 Å². The maximum atomic E-state index is 5.36. The highest BCUT2D eigenvalue weighted by molar-refractivity contribution is 7.14. The van der Waals surface area contributed by atoms with E-state index in [1.807, 2.05) is 23.6 Å². The van der Waals surface area contributed by atoms with Gasteiger partial charge in [-0.1, -0.05) is 12.1 Å². The van der Waals surface area contributed by atoms with Gasteiger partial charge >= 0.3 is 0 Å². The molecule has 1 aromatic heterocycles. The molecule has 3 aromatic rings. The molecule has 0 radical (unpaired) electrons. The van der Waals surface area contributed by atoms with Crippen molar-refractivity contribution in [1.29, 1.82) is 0 Å². The summed E-state index contributed by atoms with van der Waals surface area (Å²) in [6, 6.07) is 12.2. The van der Waals surface area contributed by atoms with Crippen molar-refractivity contribution in [2.24, 2.45) is 0 Å². The Kier molecular flexibility index (Phi) is 4.71. The highest BCUT2D eigenvalue weighted by atomic mass is 32.1. The lowest BCUT2D eigenvalue weighted by molar-refractivity contribution is 0.355. The first-order valence-electron chi connectivity index (χ1n) is 7.63. The zero-order chi connectivity index (χ0) is 17.1. The first-order chi connectivity index (χ1) is 11.6. The third-order valence-electron chi connectivity index (χ3n) is 3.82. The van der Waals surface area contributed by atoms with Crippen LogP contribution >= 0.6 is 11.3 Å². The van der Waals surface area contributed by atoms with E-state index in [1.165, 1.54) is 11.1 Å². The van der Waals surface area contributed by atoms with Gasteiger partial charge in [-0.25, -0.2) is 4.98 Å². The minimum absolute atomic E-state index is 0.701. The third-order valence-corrected chi connectivity index (χ3v) is 4.58. The van der Waals surface area contributed by atoms with Gasteiger partial charge in [-0.05, 0) is 49.2 Å². The molecule has 0 spiro atoms. The number of hydrogen-bond donors (Lipinski definition) is 1. The highest BCUT2D eigenvalue weighted by Crippen LogP contribution is 2.34. The van der Waals surface area contributed by atoms with E-state index in [1.54, 1.807) is 25.6 Å². The van der Waals surface area contributed by atoms with Crippen LogP contribution in [0.3, 0.4) is 0 Å². The molecule has 0 amide bonds. The maximum absolute atomic E-state index is 5.36. The molecule has 0 unspecified atom stereocenters. The van der Waals surface area contributed by atoms with E-state index in [2.05, 4.69) is 42.3 Å². The molecule has 0 fully saturated rings. The average Bonchev–Trinajstić information content (AvgIpc) is 3.06. The summed E-state index contributed by atoms with van der Waals surface area (Å²) < 4.78 is 10.6. The summed E-state index contributed by atoms with van der Waals surface area (Å²) in [6.45, 7) is 4.17. The minimum atomic E-state index is 0.701. The van der Waals surface area contributed by atoms with Gasteiger partial charge in [0.05, 0.1) is 19.9 Å². The smallest absolute Gasteiger partial charge is 0.187 e. The topological polar surface area (TPSA) is 43.4 Å². The molecule has 24 heavy (non-hydrogen) atoms. The van der Waals surface area contributed by atoms with Crippen LogP contribution in [-0.2, 0) is 0 Å². The van der Waals surface area contributed by atoms with Crippen molar-refractivity contribution in [1.82, 2.24) is 4.98 Å². The molecular formula is C19H20N2O2S. The lowest BCUT2D eigenvalue weighted by atomic mass is 10.1. The molecular weight excluding hydrogens is 320 g/mol. The summed E-state index contributed by atoms with van der Waals surface area (Å²) in [5, 5.41) is 6.31. The summed E-state index contributed by atoms with van der Waals surface area (Å²) in [5.74, 6) is 1.41. The maximum Gasteiger partial charge on any atom is 0.187 e. The fourth-order valence-corrected chi connectivity index (χ4v) is 3.18. The SMILES string of the molecule is COc1ccc(-c2csc(Nc3cc(C)ccc3C)n2)cc1OC. The van der Waals surface area contributed by atoms with E-state index in [-0.39, 0.29) is 0 Å². The van der Waals surface area contributed by atoms with Crippen LogP contribution in [0.25, 0.3) is 11.3 Å². The molecule has 5 heteroatoms. The molecule has 0 aliphatic carbocycles. The van der Waals surface area contributed by atoms with Gasteiger partial charge in [-0.2, -0.15) is 0 Å². The van der Waals surface area contributed by atoms with Crippen LogP contribution in [0.1, 0.15) is 11.1 Å². The Bertz CT molecular complexity index is 858. The predicted octanol–water partition coefficient (Wildman–Crippen LogP) is 5.19. The highest BCUT2D eigenvalue weighted by Gasteiger charge is 2.10. The molecule has 1 heterocycles. The molecule has 0 saturated heterocycles. The Morgan fingerprint density at radius 1 is 0.958 bits per heavy atom. The second-order valence-corrected chi connectivity index (χ2v) is 6.41. The molecule has 0 bridgehead atoms. The van der Waals surface area contributed by atoms with Crippen molar-refractivity contribution in [3.8, 4) is 22.8 Å². The monoisotopic (exact) mass is 340 g/mol. The van der Waals surface area contributed by atoms with Crippen molar-refractivity contribution in [3.63, 3.8) is 0 Å². The first kappa shape index (κ1) is 16.3. The summed E-state index contributed by atoms with van der Waals surface area (Å²) in [6.07, 6.45) is 0. The lowest BCUT2D eigenvalue weighted by Gasteiger charge is -2.09. The number of nitrogens with zero attached hydrogens (tertiary/aromatic N) is 1. The number of aromatic nitrogens is 1. The molecule has 0 saturated carbocycles. The summed E-state index contributed by atoms with van der Waals surface area (Å²) in [5.41, 5.74) is 5.41. The Morgan fingerprint density at radius 2 is 1.75 bits per heavy atom. The van der Waals surface area contributed by atoms with E-state index < -0.39 is 0 Å². The number of nitrogens with one attached hydrogen (secondary N) is 1. The molecule has 3 rings (SSSR count). The van der Waals surface area contributed by atoms with Crippen LogP contribution in [0.2, 0.25) is 0 Å². The van der Waals surface area contributed by atoms with Crippen LogP contribution in [0.4, 0.5) is 10.8 Å². The Hall–Kier alpha value is -2.53. The van der Waals surface area contributed by atoms with Crippen LogP contribution in [0.15, 0.2) is 41.8 Å². The number of rotatable bonds is 5. The summed E-state index contributed by atoms with van der Waals surface area (Å²) in [4.78, 5) is 4.69. The molecule has 2 aromatic carbocycles. The summed E-state index contributed by atoms with van der Waals surface area (Å²) >= 11 is 1.58. The average molecular weight is 340 g/mol. The fourth-order valence-electron chi connectivity index (χ4n) is 2.45. The summed E-state index contributed by atoms with van der Waals surface area (Å²) in [7, 11) is 3.27. The quantitative estimate of drug-likeness (QED) is 0.694. The van der Waals surface area contributed by atoms with Crippen molar-refractivity contribution in [2.75, 3.05) is 19.5 Å². The second-order valence-electron chi connectivity index (χ2n) is 5.55. The van der Waals surface area contributed by atoms with E-state index >= 15 is 0 Å². The second kappa shape index (κ2) is 6.93. The molecule has 0 atom stereocenters. The Labute approximate surface area is 146 Å². The first-order valence-corrected chi connectivity index (χ1v) is 8.51. The van der Waals surface area contributed by atoms with Gasteiger partial charge in [0.15, 0.2) is 16.6 Å². The number of ether oxygens (including phenoxy) is 2. The van der Waals surface area contributed by atoms with Crippen LogP contribution < -0.4 is 14.8 Å². The molecule has 4 nitrogen and oxygen atoms in total. The van der Waals surface area contributed by atoms with Gasteiger partial charge in [0.2, 0.25) is 0 Å². The van der Waals surface area contributed by atoms with Gasteiger partial charge in [0.1, 0.15) is 0 Å². The Morgan fingerprint density at radius 3 is 2.50 bits per heavy atom. The molecule has 1 N–H and O–H groups in total. The molecule has 0 aliphatic heterocycles. The zero-order valence-corrected chi connectivity index (χ0v) is 15.0. The van der Waals surface area contributed by atoms with Gasteiger partial charge < -0.3 is 14.8 Å². The van der Waals surface area contributed by atoms with Crippen molar-refractivity contribution in [3.05, 3.63) is 52.9 Å². The van der Waals surface area contributed by atoms with E-state index in [9.17, 15) is 0 Å². The van der Waals surface area contributed by atoms with Crippen LogP contribution in [0.5, 0.6) is 11.5 Å². The van der Waals surface area contributed by atoms with Crippen LogP contribution in [-0.4, -0.2) is 19.2 Å². The number of methoxy groups -OCH3 is 2. The van der Waals surface area contributed by atoms with Gasteiger partial charge in [0.25, 0.3) is 0 Å². The lowest BCUT2D eigenvalue weighted by Crippen LogP contribution is -1.93. The van der Waals surface area contributed by atoms with Crippen molar-refractivity contribution >= 4 is 22.2 Å². The fraction of sp³-hybridized carbons (Fsp3) is 0.211. The van der Waals surface area contributed by atoms with Crippen molar-refractivity contribution < 1.29 is 9.47 Å². The van der Waals surface area contributed by atoms with Gasteiger partial charge in [0, 0.05) is 16.6 Å². The largest absolute Gasteiger partial charge is 0.493 e. The number of thiazole rings is 1. The van der Waals surface area contributed by atoms with Crippen molar-refractivity contribution in [2.45, 2.75) is 13.8 Å². The number of benzene rings is 2. The number of anilines is 2. The minimum Gasteiger partial charge on any atom is -0.493 e. The van der Waals surface area contributed by atoms with Gasteiger partial charge in [-0.15, -0.1) is 11.3 Å². The van der Waals surface area contributed by atoms with E-state index in [4.69, 9.17) is 9.47 Å². The van der Waals surface area contributed by atoms with E-state index in [0.717, 1.165) is 22.1 Å². The molecule has 0 aliphatic rings. The van der Waals surface area contributed by atoms with Gasteiger partial charge in [-0.3, -0.25) is 0 Å². The number of hydrogen-bond acceptors (Lipinski definition) is 5. The third kappa shape index (κ3) is 3.36. The molecule has 124 valence electrons.